The average Bonchev–Trinajstić information content (AvgIpc) is 2.74. The predicted octanol–water partition coefficient (Wildman–Crippen LogP) is 5.80. The van der Waals surface area contributed by atoms with Gasteiger partial charge in [0.05, 0.1) is 26.4 Å². The molecular weight excluding hydrogens is 486 g/mol. The van der Waals surface area contributed by atoms with Gasteiger partial charge in [-0.25, -0.2) is 4.79 Å². The van der Waals surface area contributed by atoms with E-state index < -0.39 is 11.9 Å². The minimum absolute atomic E-state index is 0.0456. The Bertz CT molecular complexity index is 1010. The van der Waals surface area contributed by atoms with Crippen LogP contribution >= 0.6 is 15.9 Å². The first-order chi connectivity index (χ1) is 15.6. The van der Waals surface area contributed by atoms with Crippen LogP contribution in [0.2, 0.25) is 0 Å². The minimum atomic E-state index is -0.558. The lowest BCUT2D eigenvalue weighted by molar-refractivity contribution is -0.139. The van der Waals surface area contributed by atoms with Crippen LogP contribution in [0.25, 0.3) is 0 Å². The van der Waals surface area contributed by atoms with Crippen LogP contribution in [0, 0.1) is 5.41 Å². The maximum absolute atomic E-state index is 13.4. The van der Waals surface area contributed by atoms with Gasteiger partial charge in [-0.2, -0.15) is 0 Å². The fourth-order valence-corrected chi connectivity index (χ4v) is 5.25. The molecule has 6 nitrogen and oxygen atoms in total. The van der Waals surface area contributed by atoms with Crippen molar-refractivity contribution in [1.82, 2.24) is 5.32 Å². The molecule has 0 fully saturated rings. The Morgan fingerprint density at radius 1 is 1.15 bits per heavy atom. The van der Waals surface area contributed by atoms with E-state index in [1.54, 1.807) is 14.2 Å². The average molecular weight is 520 g/mol. The maximum Gasteiger partial charge on any atom is 0.336 e. The number of Topliss-reactive ketones (excluding diaryl/α,β-unsaturated/α-hetero) is 1. The smallest absolute Gasteiger partial charge is 0.336 e. The van der Waals surface area contributed by atoms with Crippen LogP contribution in [0.15, 0.2) is 39.1 Å². The maximum atomic E-state index is 13.4. The van der Waals surface area contributed by atoms with E-state index in [9.17, 15) is 9.59 Å². The van der Waals surface area contributed by atoms with E-state index in [-0.39, 0.29) is 11.2 Å². The van der Waals surface area contributed by atoms with Crippen molar-refractivity contribution in [3.05, 3.63) is 44.7 Å². The van der Waals surface area contributed by atoms with E-state index in [1.807, 2.05) is 19.1 Å². The number of hydrogen-bond donors (Lipinski definition) is 1. The van der Waals surface area contributed by atoms with Gasteiger partial charge in [0, 0.05) is 33.8 Å². The monoisotopic (exact) mass is 519 g/mol. The van der Waals surface area contributed by atoms with Crippen LogP contribution in [0.3, 0.4) is 0 Å². The topological polar surface area (TPSA) is 73.9 Å². The molecule has 1 heterocycles. The summed E-state index contributed by atoms with van der Waals surface area (Å²) in [4.78, 5) is 26.8. The number of unbranched alkanes of at least 4 members (excludes halogenated alkanes) is 2. The third-order valence-corrected chi connectivity index (χ3v) is 6.94. The molecule has 0 bridgehead atoms. The predicted molar refractivity (Wildman–Crippen MR) is 131 cm³/mol. The Balaban J connectivity index is 2.14. The number of dihydropyridines is 1. The number of esters is 1. The van der Waals surface area contributed by atoms with Crippen molar-refractivity contribution in [2.75, 3.05) is 20.8 Å². The number of allylic oxidation sites excluding steroid dienone is 3. The van der Waals surface area contributed by atoms with Crippen molar-refractivity contribution in [3.63, 3.8) is 0 Å². The van der Waals surface area contributed by atoms with Crippen LogP contribution in [-0.4, -0.2) is 32.6 Å². The van der Waals surface area contributed by atoms with Crippen molar-refractivity contribution in [2.45, 2.75) is 65.7 Å². The molecule has 180 valence electrons. The molecule has 33 heavy (non-hydrogen) atoms. The van der Waals surface area contributed by atoms with Gasteiger partial charge < -0.3 is 19.5 Å². The highest BCUT2D eigenvalue weighted by atomic mass is 79.9. The summed E-state index contributed by atoms with van der Waals surface area (Å²) in [7, 11) is 3.14. The van der Waals surface area contributed by atoms with Crippen molar-refractivity contribution in [1.29, 1.82) is 0 Å². The van der Waals surface area contributed by atoms with E-state index in [0.29, 0.717) is 41.4 Å². The van der Waals surface area contributed by atoms with Gasteiger partial charge in [0.25, 0.3) is 0 Å². The van der Waals surface area contributed by atoms with E-state index in [1.165, 1.54) is 0 Å². The number of carbonyl (C=O) groups is 2. The zero-order valence-corrected chi connectivity index (χ0v) is 22.0. The Morgan fingerprint density at radius 3 is 2.45 bits per heavy atom. The Labute approximate surface area is 204 Å². The quantitative estimate of drug-likeness (QED) is 0.345. The molecule has 3 rings (SSSR count). The van der Waals surface area contributed by atoms with Gasteiger partial charge in [-0.15, -0.1) is 0 Å². The number of nitrogens with one attached hydrogen (secondary N) is 1. The highest BCUT2D eigenvalue weighted by Crippen LogP contribution is 2.49. The molecule has 1 aliphatic carbocycles. The third-order valence-electron chi connectivity index (χ3n) is 6.25. The molecule has 2 aliphatic rings. The van der Waals surface area contributed by atoms with E-state index >= 15 is 0 Å². The fraction of sp³-hybridized carbons (Fsp3) is 0.538. The van der Waals surface area contributed by atoms with Crippen molar-refractivity contribution in [2.24, 2.45) is 5.41 Å². The molecule has 1 aromatic rings. The molecular formula is C26H34BrNO5. The zero-order valence-electron chi connectivity index (χ0n) is 20.4. The number of methoxy groups -OCH3 is 2. The van der Waals surface area contributed by atoms with Crippen LogP contribution in [0.4, 0.5) is 0 Å². The van der Waals surface area contributed by atoms with Gasteiger partial charge in [0.2, 0.25) is 0 Å². The summed E-state index contributed by atoms with van der Waals surface area (Å²) in [6.07, 6.45) is 4.01. The summed E-state index contributed by atoms with van der Waals surface area (Å²) >= 11 is 3.65. The molecule has 0 spiro atoms. The van der Waals surface area contributed by atoms with E-state index in [2.05, 4.69) is 42.0 Å². The Morgan fingerprint density at radius 2 is 1.82 bits per heavy atom. The van der Waals surface area contributed by atoms with Crippen LogP contribution in [0.5, 0.6) is 11.5 Å². The second-order valence-electron chi connectivity index (χ2n) is 9.50. The standard InChI is InChI=1S/C26H34BrNO5/c1-7-8-9-10-33-25(30)22-15(2)28-18-13-26(3,4)14-19(29)24(18)23(22)16-11-20(31-5)21(32-6)12-17(16)27/h11-12,23,28H,7-10,13-14H2,1-6H3/t23-/m1/s1. The highest BCUT2D eigenvalue weighted by molar-refractivity contribution is 9.10. The van der Waals surface area contributed by atoms with Crippen LogP contribution in [0.1, 0.15) is 71.3 Å². The number of hydrogen-bond acceptors (Lipinski definition) is 6. The normalized spacial score (nSPS) is 19.7. The Kier molecular flexibility index (Phi) is 7.93. The molecule has 1 aliphatic heterocycles. The fourth-order valence-electron chi connectivity index (χ4n) is 4.70. The lowest BCUT2D eigenvalue weighted by atomic mass is 9.68. The summed E-state index contributed by atoms with van der Waals surface area (Å²) in [6, 6.07) is 3.65. The van der Waals surface area contributed by atoms with Crippen molar-refractivity contribution < 1.29 is 23.8 Å². The highest BCUT2D eigenvalue weighted by Gasteiger charge is 2.44. The molecule has 0 saturated heterocycles. The van der Waals surface area contributed by atoms with Crippen molar-refractivity contribution >= 4 is 27.7 Å². The summed E-state index contributed by atoms with van der Waals surface area (Å²) in [5.41, 5.74) is 3.31. The first-order valence-electron chi connectivity index (χ1n) is 11.5. The third kappa shape index (κ3) is 5.29. The molecule has 0 unspecified atom stereocenters. The molecule has 1 atom stereocenters. The SMILES string of the molecule is CCCCCOC(=O)C1=C(C)NC2=C(C(=O)CC(C)(C)C2)[C@@H]1c1cc(OC)c(OC)cc1Br. The lowest BCUT2D eigenvalue weighted by Crippen LogP contribution is -2.38. The molecule has 0 saturated carbocycles. The number of ether oxygens (including phenoxy) is 3. The summed E-state index contributed by atoms with van der Waals surface area (Å²) in [5, 5.41) is 3.37. The van der Waals surface area contributed by atoms with Crippen LogP contribution < -0.4 is 14.8 Å². The molecule has 0 aromatic heterocycles. The van der Waals surface area contributed by atoms with Crippen LogP contribution in [-0.2, 0) is 14.3 Å². The van der Waals surface area contributed by atoms with E-state index in [0.717, 1.165) is 41.4 Å². The van der Waals surface area contributed by atoms with Gasteiger partial charge in [0.15, 0.2) is 17.3 Å². The second kappa shape index (κ2) is 10.3. The molecule has 0 radical (unpaired) electrons. The molecule has 7 heteroatoms. The molecule has 1 aromatic carbocycles. The van der Waals surface area contributed by atoms with Gasteiger partial charge in [-0.3, -0.25) is 4.79 Å². The molecule has 0 amide bonds. The molecule has 1 N–H and O–H groups in total. The summed E-state index contributed by atoms with van der Waals surface area (Å²) in [6.45, 7) is 8.52. The minimum Gasteiger partial charge on any atom is -0.493 e. The first-order valence-corrected chi connectivity index (χ1v) is 12.2. The van der Waals surface area contributed by atoms with Gasteiger partial charge in [0.1, 0.15) is 0 Å². The lowest BCUT2D eigenvalue weighted by Gasteiger charge is -2.39. The van der Waals surface area contributed by atoms with Gasteiger partial charge >= 0.3 is 5.97 Å². The van der Waals surface area contributed by atoms with Crippen molar-refractivity contribution in [3.8, 4) is 11.5 Å². The number of rotatable bonds is 8. The Hall–Kier alpha value is -2.28. The van der Waals surface area contributed by atoms with Gasteiger partial charge in [-0.1, -0.05) is 49.5 Å². The largest absolute Gasteiger partial charge is 0.493 e. The number of carbonyl (C=O) groups excluding carboxylic acids is 2. The second-order valence-corrected chi connectivity index (χ2v) is 10.4. The first kappa shape index (κ1) is 25.3. The summed E-state index contributed by atoms with van der Waals surface area (Å²) in [5.74, 6) is 0.193. The number of benzene rings is 1. The number of ketones is 1. The number of halogens is 1. The summed E-state index contributed by atoms with van der Waals surface area (Å²) < 4.78 is 17.4. The van der Waals surface area contributed by atoms with Gasteiger partial charge in [-0.05, 0) is 42.9 Å². The van der Waals surface area contributed by atoms with E-state index in [4.69, 9.17) is 14.2 Å². The zero-order chi connectivity index (χ0) is 24.3.